The minimum absolute atomic E-state index is 0.165. The molecule has 0 aliphatic carbocycles. The number of aliphatic hydroxyl groups is 1. The van der Waals surface area contributed by atoms with Gasteiger partial charge in [0.2, 0.25) is 0 Å². The van der Waals surface area contributed by atoms with Crippen molar-refractivity contribution in [2.45, 2.75) is 39.2 Å². The second kappa shape index (κ2) is 10.5. The van der Waals surface area contributed by atoms with Crippen molar-refractivity contribution < 1.29 is 14.6 Å². The fraction of sp³-hybridized carbons (Fsp3) is 0.625. The van der Waals surface area contributed by atoms with Gasteiger partial charge in [-0.25, -0.2) is 0 Å². The molecule has 0 aromatic heterocycles. The molecule has 1 aromatic rings. The van der Waals surface area contributed by atoms with Crippen molar-refractivity contribution in [2.24, 2.45) is 0 Å². The SMILES string of the molecule is CCCNC(CCO)COc1ccccc1OCCC. The van der Waals surface area contributed by atoms with E-state index in [2.05, 4.69) is 19.2 Å². The van der Waals surface area contributed by atoms with Gasteiger partial charge in [-0.3, -0.25) is 0 Å². The fourth-order valence-electron chi connectivity index (χ4n) is 1.84. The van der Waals surface area contributed by atoms with E-state index in [9.17, 15) is 0 Å². The number of aliphatic hydroxyl groups excluding tert-OH is 1. The Morgan fingerprint density at radius 2 is 1.80 bits per heavy atom. The quantitative estimate of drug-likeness (QED) is 0.654. The average molecular weight is 281 g/mol. The van der Waals surface area contributed by atoms with E-state index in [4.69, 9.17) is 14.6 Å². The Labute approximate surface area is 122 Å². The summed E-state index contributed by atoms with van der Waals surface area (Å²) in [4.78, 5) is 0. The van der Waals surface area contributed by atoms with Gasteiger partial charge < -0.3 is 19.9 Å². The first-order valence-corrected chi connectivity index (χ1v) is 7.50. The summed E-state index contributed by atoms with van der Waals surface area (Å²) >= 11 is 0. The Morgan fingerprint density at radius 3 is 2.40 bits per heavy atom. The zero-order chi connectivity index (χ0) is 14.6. The molecule has 0 saturated carbocycles. The summed E-state index contributed by atoms with van der Waals surface area (Å²) in [5, 5.41) is 12.5. The average Bonchev–Trinajstić information content (AvgIpc) is 2.48. The zero-order valence-corrected chi connectivity index (χ0v) is 12.6. The molecular weight excluding hydrogens is 254 g/mol. The second-order valence-electron chi connectivity index (χ2n) is 4.77. The number of nitrogens with one attached hydrogen (secondary N) is 1. The third-order valence-electron chi connectivity index (χ3n) is 2.91. The highest BCUT2D eigenvalue weighted by Crippen LogP contribution is 2.26. The van der Waals surface area contributed by atoms with E-state index >= 15 is 0 Å². The Morgan fingerprint density at radius 1 is 1.10 bits per heavy atom. The van der Waals surface area contributed by atoms with Crippen molar-refractivity contribution in [3.8, 4) is 11.5 Å². The molecule has 4 nitrogen and oxygen atoms in total. The number of benzene rings is 1. The molecule has 0 aliphatic rings. The van der Waals surface area contributed by atoms with E-state index in [1.54, 1.807) is 0 Å². The van der Waals surface area contributed by atoms with Gasteiger partial charge in [0, 0.05) is 12.6 Å². The van der Waals surface area contributed by atoms with Crippen LogP contribution in [0, 0.1) is 0 Å². The van der Waals surface area contributed by atoms with Crippen LogP contribution in [0.4, 0.5) is 0 Å². The van der Waals surface area contributed by atoms with Gasteiger partial charge in [0.1, 0.15) is 6.61 Å². The predicted molar refractivity (Wildman–Crippen MR) is 81.5 cm³/mol. The van der Waals surface area contributed by atoms with Gasteiger partial charge in [0.15, 0.2) is 11.5 Å². The number of hydrogen-bond acceptors (Lipinski definition) is 4. The number of ether oxygens (including phenoxy) is 2. The van der Waals surface area contributed by atoms with Crippen LogP contribution in [0.25, 0.3) is 0 Å². The van der Waals surface area contributed by atoms with E-state index in [-0.39, 0.29) is 12.6 Å². The summed E-state index contributed by atoms with van der Waals surface area (Å²) in [7, 11) is 0. The summed E-state index contributed by atoms with van der Waals surface area (Å²) in [5.74, 6) is 1.55. The minimum atomic E-state index is 0.165. The van der Waals surface area contributed by atoms with Gasteiger partial charge in [0.25, 0.3) is 0 Å². The Hall–Kier alpha value is -1.26. The molecule has 4 heteroatoms. The third-order valence-corrected chi connectivity index (χ3v) is 2.91. The van der Waals surface area contributed by atoms with E-state index < -0.39 is 0 Å². The Bertz CT molecular complexity index is 357. The third kappa shape index (κ3) is 6.26. The maximum Gasteiger partial charge on any atom is 0.161 e. The van der Waals surface area contributed by atoms with Crippen LogP contribution >= 0.6 is 0 Å². The molecule has 0 radical (unpaired) electrons. The van der Waals surface area contributed by atoms with E-state index in [0.29, 0.717) is 19.6 Å². The maximum atomic E-state index is 9.08. The molecular formula is C16H27NO3. The van der Waals surface area contributed by atoms with Crippen molar-refractivity contribution in [3.05, 3.63) is 24.3 Å². The predicted octanol–water partition coefficient (Wildman–Crippen LogP) is 2.60. The lowest BCUT2D eigenvalue weighted by molar-refractivity contribution is 0.206. The molecule has 1 rings (SSSR count). The highest BCUT2D eigenvalue weighted by Gasteiger charge is 2.10. The first-order chi connectivity index (χ1) is 9.81. The van der Waals surface area contributed by atoms with Crippen LogP contribution in [0.3, 0.4) is 0 Å². The summed E-state index contributed by atoms with van der Waals surface area (Å²) in [6.45, 7) is 6.52. The van der Waals surface area contributed by atoms with Crippen LogP contribution in [0.2, 0.25) is 0 Å². The van der Waals surface area contributed by atoms with Crippen LogP contribution in [0.5, 0.6) is 11.5 Å². The topological polar surface area (TPSA) is 50.7 Å². The van der Waals surface area contributed by atoms with Gasteiger partial charge in [0.05, 0.1) is 6.61 Å². The molecule has 20 heavy (non-hydrogen) atoms. The normalized spacial score (nSPS) is 12.2. The first kappa shape index (κ1) is 16.8. The van der Waals surface area contributed by atoms with E-state index in [1.807, 2.05) is 24.3 Å². The first-order valence-electron chi connectivity index (χ1n) is 7.50. The Kier molecular flexibility index (Phi) is 8.83. The minimum Gasteiger partial charge on any atom is -0.490 e. The maximum absolute atomic E-state index is 9.08. The van der Waals surface area contributed by atoms with Gasteiger partial charge in [-0.15, -0.1) is 0 Å². The molecule has 0 fully saturated rings. The van der Waals surface area contributed by atoms with Gasteiger partial charge in [-0.2, -0.15) is 0 Å². The van der Waals surface area contributed by atoms with E-state index in [0.717, 1.165) is 30.9 Å². The lowest BCUT2D eigenvalue weighted by atomic mass is 10.2. The number of rotatable bonds is 11. The summed E-state index contributed by atoms with van der Waals surface area (Å²) in [6.07, 6.45) is 2.73. The fourth-order valence-corrected chi connectivity index (χ4v) is 1.84. The van der Waals surface area contributed by atoms with Crippen LogP contribution in [0.15, 0.2) is 24.3 Å². The Balaban J connectivity index is 2.53. The highest BCUT2D eigenvalue weighted by atomic mass is 16.5. The number of hydrogen-bond donors (Lipinski definition) is 2. The van der Waals surface area contributed by atoms with Crippen molar-refractivity contribution in [1.82, 2.24) is 5.32 Å². The monoisotopic (exact) mass is 281 g/mol. The van der Waals surface area contributed by atoms with Gasteiger partial charge in [-0.05, 0) is 37.9 Å². The standard InChI is InChI=1S/C16H27NO3/c1-3-10-17-14(9-11-18)13-20-16-8-6-5-7-15(16)19-12-4-2/h5-8,14,17-18H,3-4,9-13H2,1-2H3. The molecule has 1 atom stereocenters. The molecule has 0 heterocycles. The molecule has 1 unspecified atom stereocenters. The summed E-state index contributed by atoms with van der Waals surface area (Å²) in [5.41, 5.74) is 0. The molecule has 0 aliphatic heterocycles. The molecule has 0 bridgehead atoms. The lowest BCUT2D eigenvalue weighted by Crippen LogP contribution is -2.36. The van der Waals surface area contributed by atoms with Gasteiger partial charge >= 0.3 is 0 Å². The van der Waals surface area contributed by atoms with Crippen molar-refractivity contribution >= 4 is 0 Å². The summed E-state index contributed by atoms with van der Waals surface area (Å²) in [6, 6.07) is 7.89. The molecule has 1 aromatic carbocycles. The van der Waals surface area contributed by atoms with Crippen molar-refractivity contribution in [2.75, 3.05) is 26.4 Å². The molecule has 0 saturated heterocycles. The second-order valence-corrected chi connectivity index (χ2v) is 4.77. The molecule has 0 spiro atoms. The smallest absolute Gasteiger partial charge is 0.161 e. The molecule has 114 valence electrons. The zero-order valence-electron chi connectivity index (χ0n) is 12.6. The van der Waals surface area contributed by atoms with Crippen LogP contribution < -0.4 is 14.8 Å². The van der Waals surface area contributed by atoms with E-state index in [1.165, 1.54) is 0 Å². The highest BCUT2D eigenvalue weighted by molar-refractivity contribution is 5.39. The van der Waals surface area contributed by atoms with Crippen LogP contribution in [-0.2, 0) is 0 Å². The van der Waals surface area contributed by atoms with Gasteiger partial charge in [-0.1, -0.05) is 26.0 Å². The molecule has 0 amide bonds. The number of para-hydroxylation sites is 2. The summed E-state index contributed by atoms with van der Waals surface area (Å²) < 4.78 is 11.5. The largest absolute Gasteiger partial charge is 0.490 e. The van der Waals surface area contributed by atoms with Crippen LogP contribution in [-0.4, -0.2) is 37.5 Å². The van der Waals surface area contributed by atoms with Crippen molar-refractivity contribution in [3.63, 3.8) is 0 Å². The molecule has 2 N–H and O–H groups in total. The lowest BCUT2D eigenvalue weighted by Gasteiger charge is -2.19. The van der Waals surface area contributed by atoms with Crippen molar-refractivity contribution in [1.29, 1.82) is 0 Å². The van der Waals surface area contributed by atoms with Crippen LogP contribution in [0.1, 0.15) is 33.1 Å².